The van der Waals surface area contributed by atoms with Crippen molar-refractivity contribution in [3.8, 4) is 0 Å². The first kappa shape index (κ1) is 19.7. The van der Waals surface area contributed by atoms with Gasteiger partial charge in [-0.15, -0.1) is 0 Å². The van der Waals surface area contributed by atoms with Gasteiger partial charge in [-0.2, -0.15) is 0 Å². The van der Waals surface area contributed by atoms with Crippen LogP contribution in [-0.4, -0.2) is 0 Å². The van der Waals surface area contributed by atoms with Crippen LogP contribution in [0.1, 0.15) is 103 Å². The van der Waals surface area contributed by atoms with Gasteiger partial charge in [-0.3, -0.25) is 0 Å². The predicted octanol–water partition coefficient (Wildman–Crippen LogP) is 7.45. The molecule has 0 aromatic rings. The molecule has 118 valence electrons. The largest absolute Gasteiger partial charge is 0.0885 e. The molecule has 0 bridgehead atoms. The summed E-state index contributed by atoms with van der Waals surface area (Å²) in [7, 11) is 0. The Morgan fingerprint density at radius 3 is 1.05 bits per heavy atom. The molecule has 0 amide bonds. The highest BCUT2D eigenvalue weighted by atomic mass is 14.0. The molecule has 2 radical (unpaired) electrons. The number of unbranched alkanes of at least 4 members (excludes halogenated alkanes) is 14. The van der Waals surface area contributed by atoms with Gasteiger partial charge in [-0.1, -0.05) is 103 Å². The Kier molecular flexibility index (Phi) is 18.5. The molecule has 0 aliphatic heterocycles. The molecular formula is C20H38. The van der Waals surface area contributed by atoms with Gasteiger partial charge in [0.15, 0.2) is 0 Å². The minimum absolute atomic E-state index is 1.11. The molecule has 0 N–H and O–H groups in total. The summed E-state index contributed by atoms with van der Waals surface area (Å²) in [5.74, 6) is 0. The highest BCUT2D eigenvalue weighted by Crippen LogP contribution is 2.10. The lowest BCUT2D eigenvalue weighted by Crippen LogP contribution is -1.80. The highest BCUT2D eigenvalue weighted by molar-refractivity contribution is 4.81. The van der Waals surface area contributed by atoms with E-state index in [0.29, 0.717) is 0 Å². The zero-order valence-corrected chi connectivity index (χ0v) is 13.9. The van der Waals surface area contributed by atoms with Crippen LogP contribution in [0.5, 0.6) is 0 Å². The van der Waals surface area contributed by atoms with Crippen molar-refractivity contribution in [2.24, 2.45) is 0 Å². The van der Waals surface area contributed by atoms with E-state index in [1.807, 2.05) is 0 Å². The third-order valence-electron chi connectivity index (χ3n) is 3.91. The van der Waals surface area contributed by atoms with E-state index in [9.17, 15) is 0 Å². The van der Waals surface area contributed by atoms with E-state index in [2.05, 4.69) is 26.0 Å². The standard InChI is InChI=1S/C20H38/c1-3-5-7-9-11-13-15-17-19-20-18-16-14-12-10-8-6-4-2/h17,19H,1-16,18,20H2. The Labute approximate surface area is 129 Å². The van der Waals surface area contributed by atoms with Crippen molar-refractivity contribution < 1.29 is 0 Å². The maximum Gasteiger partial charge on any atom is -0.0351 e. The van der Waals surface area contributed by atoms with Gasteiger partial charge in [0.05, 0.1) is 0 Å². The predicted molar refractivity (Wildman–Crippen MR) is 93.7 cm³/mol. The molecule has 20 heavy (non-hydrogen) atoms. The maximum atomic E-state index is 3.88. The fraction of sp³-hybridized carbons (Fsp3) is 0.800. The summed E-state index contributed by atoms with van der Waals surface area (Å²) in [6.45, 7) is 7.76. The summed E-state index contributed by atoms with van der Waals surface area (Å²) in [5, 5.41) is 0. The van der Waals surface area contributed by atoms with E-state index in [4.69, 9.17) is 0 Å². The Morgan fingerprint density at radius 1 is 0.400 bits per heavy atom. The lowest BCUT2D eigenvalue weighted by molar-refractivity contribution is 0.583. The van der Waals surface area contributed by atoms with Crippen LogP contribution >= 0.6 is 0 Å². The van der Waals surface area contributed by atoms with E-state index < -0.39 is 0 Å². The smallest absolute Gasteiger partial charge is 0.0351 e. The van der Waals surface area contributed by atoms with Crippen molar-refractivity contribution in [1.82, 2.24) is 0 Å². The molecule has 0 aliphatic carbocycles. The van der Waals surface area contributed by atoms with E-state index in [1.54, 1.807) is 0 Å². The molecule has 0 unspecified atom stereocenters. The molecule has 0 aliphatic rings. The molecule has 0 rings (SSSR count). The first-order valence-electron chi connectivity index (χ1n) is 9.15. The van der Waals surface area contributed by atoms with Gasteiger partial charge in [0, 0.05) is 0 Å². The SMILES string of the molecule is [CH2]CCCCCCCC=CCCCCCCCCC[CH2]. The average molecular weight is 279 g/mol. The second-order valence-electron chi connectivity index (χ2n) is 6.00. The zero-order chi connectivity index (χ0) is 14.7. The minimum atomic E-state index is 1.11. The molecule has 0 aromatic carbocycles. The van der Waals surface area contributed by atoms with Crippen LogP contribution in [0, 0.1) is 13.8 Å². The van der Waals surface area contributed by atoms with Crippen LogP contribution in [0.2, 0.25) is 0 Å². The van der Waals surface area contributed by atoms with Gasteiger partial charge < -0.3 is 0 Å². The van der Waals surface area contributed by atoms with E-state index >= 15 is 0 Å². The van der Waals surface area contributed by atoms with Crippen molar-refractivity contribution in [3.05, 3.63) is 26.0 Å². The summed E-state index contributed by atoms with van der Waals surface area (Å²) in [4.78, 5) is 0. The quantitative estimate of drug-likeness (QED) is 0.203. The Balaban J connectivity index is 3.01. The second-order valence-corrected chi connectivity index (χ2v) is 6.00. The van der Waals surface area contributed by atoms with Gasteiger partial charge in [0.25, 0.3) is 0 Å². The number of hydrogen-bond acceptors (Lipinski definition) is 0. The average Bonchev–Trinajstić information content (AvgIpc) is 2.47. The third-order valence-corrected chi connectivity index (χ3v) is 3.91. The molecule has 0 fully saturated rings. The molecule has 0 heteroatoms. The van der Waals surface area contributed by atoms with E-state index in [-0.39, 0.29) is 0 Å². The van der Waals surface area contributed by atoms with Crippen molar-refractivity contribution in [2.45, 2.75) is 103 Å². The maximum absolute atomic E-state index is 3.88. The van der Waals surface area contributed by atoms with Crippen LogP contribution in [-0.2, 0) is 0 Å². The van der Waals surface area contributed by atoms with Crippen LogP contribution < -0.4 is 0 Å². The van der Waals surface area contributed by atoms with Gasteiger partial charge in [-0.25, -0.2) is 0 Å². The molecule has 0 saturated heterocycles. The Morgan fingerprint density at radius 2 is 0.700 bits per heavy atom. The van der Waals surface area contributed by atoms with Crippen molar-refractivity contribution >= 4 is 0 Å². The Bertz CT molecular complexity index is 180. The van der Waals surface area contributed by atoms with Crippen LogP contribution in [0.15, 0.2) is 12.2 Å². The monoisotopic (exact) mass is 278 g/mol. The van der Waals surface area contributed by atoms with Crippen molar-refractivity contribution in [3.63, 3.8) is 0 Å². The van der Waals surface area contributed by atoms with Gasteiger partial charge in [0.2, 0.25) is 0 Å². The summed E-state index contributed by atoms with van der Waals surface area (Å²) < 4.78 is 0. The van der Waals surface area contributed by atoms with Crippen LogP contribution in [0.25, 0.3) is 0 Å². The van der Waals surface area contributed by atoms with E-state index in [1.165, 1.54) is 89.9 Å². The molecule has 0 nitrogen and oxygen atoms in total. The van der Waals surface area contributed by atoms with Gasteiger partial charge >= 0.3 is 0 Å². The summed E-state index contributed by atoms with van der Waals surface area (Å²) in [6.07, 6.45) is 26.2. The van der Waals surface area contributed by atoms with Crippen LogP contribution in [0.4, 0.5) is 0 Å². The first-order chi connectivity index (χ1) is 9.91. The zero-order valence-electron chi connectivity index (χ0n) is 13.9. The number of rotatable bonds is 16. The first-order valence-corrected chi connectivity index (χ1v) is 9.15. The molecule has 0 aromatic heterocycles. The van der Waals surface area contributed by atoms with Gasteiger partial charge in [-0.05, 0) is 25.7 Å². The third kappa shape index (κ3) is 17.7. The number of hydrogen-bond donors (Lipinski definition) is 0. The van der Waals surface area contributed by atoms with Crippen molar-refractivity contribution in [2.75, 3.05) is 0 Å². The second kappa shape index (κ2) is 18.7. The van der Waals surface area contributed by atoms with Crippen LogP contribution in [0.3, 0.4) is 0 Å². The van der Waals surface area contributed by atoms with Gasteiger partial charge in [0.1, 0.15) is 0 Å². The summed E-state index contributed by atoms with van der Waals surface area (Å²) in [5.41, 5.74) is 0. The minimum Gasteiger partial charge on any atom is -0.0885 e. The highest BCUT2D eigenvalue weighted by Gasteiger charge is 1.91. The molecule has 0 heterocycles. The molecule has 0 atom stereocenters. The van der Waals surface area contributed by atoms with E-state index in [0.717, 1.165) is 12.8 Å². The lowest BCUT2D eigenvalue weighted by atomic mass is 10.1. The fourth-order valence-electron chi connectivity index (χ4n) is 2.53. The number of allylic oxidation sites excluding steroid dienone is 2. The molecular weight excluding hydrogens is 240 g/mol. The Hall–Kier alpha value is -0.260. The topological polar surface area (TPSA) is 0 Å². The van der Waals surface area contributed by atoms with Crippen molar-refractivity contribution in [1.29, 1.82) is 0 Å². The fourth-order valence-corrected chi connectivity index (χ4v) is 2.53. The molecule has 0 saturated carbocycles. The summed E-state index contributed by atoms with van der Waals surface area (Å²) >= 11 is 0. The normalized spacial score (nSPS) is 11.5. The molecule has 0 spiro atoms. The summed E-state index contributed by atoms with van der Waals surface area (Å²) in [6, 6.07) is 0. The lowest BCUT2D eigenvalue weighted by Gasteiger charge is -2.00.